The lowest BCUT2D eigenvalue weighted by Crippen LogP contribution is -2.58. The van der Waals surface area contributed by atoms with E-state index in [1.807, 2.05) is 6.92 Å². The molecule has 2 rings (SSSR count). The molecule has 1 unspecified atom stereocenters. The van der Waals surface area contributed by atoms with Crippen molar-refractivity contribution in [2.24, 2.45) is 0 Å². The van der Waals surface area contributed by atoms with E-state index >= 15 is 0 Å². The summed E-state index contributed by atoms with van der Waals surface area (Å²) < 4.78 is 0. The first-order valence-corrected chi connectivity index (χ1v) is 8.99. The molecule has 0 aliphatic carbocycles. The summed E-state index contributed by atoms with van der Waals surface area (Å²) in [7, 11) is 0. The average molecular weight is 338 g/mol. The van der Waals surface area contributed by atoms with Gasteiger partial charge in [-0.1, -0.05) is 6.92 Å². The number of nitrogens with zero attached hydrogens (tertiary/aromatic N) is 2. The Labute approximate surface area is 141 Å². The molecule has 23 heavy (non-hydrogen) atoms. The van der Waals surface area contributed by atoms with Gasteiger partial charge in [0, 0.05) is 24.0 Å². The van der Waals surface area contributed by atoms with Gasteiger partial charge in [0.25, 0.3) is 0 Å². The Morgan fingerprint density at radius 1 is 1.52 bits per heavy atom. The second kappa shape index (κ2) is 7.88. The van der Waals surface area contributed by atoms with Crippen LogP contribution in [-0.4, -0.2) is 46.9 Å². The van der Waals surface area contributed by atoms with Gasteiger partial charge in [-0.25, -0.2) is 4.98 Å². The van der Waals surface area contributed by atoms with Gasteiger partial charge in [-0.15, -0.1) is 11.3 Å². The van der Waals surface area contributed by atoms with Crippen LogP contribution in [0.3, 0.4) is 0 Å². The third kappa shape index (κ3) is 4.51. The molecule has 0 spiro atoms. The standard InChI is InChI=1S/C16H26N4O2S/c1-5-15-19-11(4)13(23-15)9-18-14(21)8-12-16(22)17-6-7-20(12)10(2)3/h10,12H,5-9H2,1-4H3,(H,17,22)(H,18,21). The van der Waals surface area contributed by atoms with E-state index in [0.29, 0.717) is 13.1 Å². The summed E-state index contributed by atoms with van der Waals surface area (Å²) in [6.07, 6.45) is 1.10. The number of nitrogens with one attached hydrogen (secondary N) is 2. The van der Waals surface area contributed by atoms with Gasteiger partial charge in [-0.05, 0) is 27.2 Å². The molecule has 1 fully saturated rings. The third-order valence-electron chi connectivity index (χ3n) is 4.10. The quantitative estimate of drug-likeness (QED) is 0.818. The van der Waals surface area contributed by atoms with Crippen LogP contribution < -0.4 is 10.6 Å². The molecule has 1 aliphatic heterocycles. The fourth-order valence-electron chi connectivity index (χ4n) is 2.79. The average Bonchev–Trinajstić information content (AvgIpc) is 2.87. The fraction of sp³-hybridized carbons (Fsp3) is 0.688. The Morgan fingerprint density at radius 2 is 2.26 bits per heavy atom. The number of hydrogen-bond acceptors (Lipinski definition) is 5. The maximum absolute atomic E-state index is 12.3. The molecule has 1 saturated heterocycles. The lowest BCUT2D eigenvalue weighted by molar-refractivity contribution is -0.134. The highest BCUT2D eigenvalue weighted by molar-refractivity contribution is 7.11. The van der Waals surface area contributed by atoms with Gasteiger partial charge in [0.15, 0.2) is 0 Å². The molecule has 7 heteroatoms. The highest BCUT2D eigenvalue weighted by atomic mass is 32.1. The molecule has 0 aromatic carbocycles. The summed E-state index contributed by atoms with van der Waals surface area (Å²) in [4.78, 5) is 32.0. The van der Waals surface area contributed by atoms with Crippen LogP contribution in [0, 0.1) is 6.92 Å². The van der Waals surface area contributed by atoms with Gasteiger partial charge in [0.05, 0.1) is 29.7 Å². The number of piperazine rings is 1. The molecule has 128 valence electrons. The van der Waals surface area contributed by atoms with Crippen LogP contribution in [0.5, 0.6) is 0 Å². The highest BCUT2D eigenvalue weighted by Gasteiger charge is 2.32. The van der Waals surface area contributed by atoms with Crippen molar-refractivity contribution in [1.29, 1.82) is 0 Å². The lowest BCUT2D eigenvalue weighted by Gasteiger charge is -2.37. The Balaban J connectivity index is 1.92. The van der Waals surface area contributed by atoms with E-state index in [1.54, 1.807) is 11.3 Å². The van der Waals surface area contributed by atoms with Crippen LogP contribution in [0.4, 0.5) is 0 Å². The minimum Gasteiger partial charge on any atom is -0.353 e. The molecule has 0 saturated carbocycles. The van der Waals surface area contributed by atoms with Crippen LogP contribution in [0.2, 0.25) is 0 Å². The summed E-state index contributed by atoms with van der Waals surface area (Å²) in [6.45, 7) is 10.1. The molecular weight excluding hydrogens is 312 g/mol. The monoisotopic (exact) mass is 338 g/mol. The number of rotatable bonds is 6. The first kappa shape index (κ1) is 17.9. The molecule has 2 N–H and O–H groups in total. The smallest absolute Gasteiger partial charge is 0.237 e. The molecule has 0 bridgehead atoms. The summed E-state index contributed by atoms with van der Waals surface area (Å²) in [5, 5.41) is 6.86. The fourth-order valence-corrected chi connectivity index (χ4v) is 3.74. The van der Waals surface area contributed by atoms with Crippen molar-refractivity contribution in [3.05, 3.63) is 15.6 Å². The number of hydrogen-bond donors (Lipinski definition) is 2. The number of carbonyl (C=O) groups excluding carboxylic acids is 2. The second-order valence-electron chi connectivity index (χ2n) is 6.09. The van der Waals surface area contributed by atoms with Gasteiger partial charge in [0.2, 0.25) is 11.8 Å². The van der Waals surface area contributed by atoms with E-state index in [1.165, 1.54) is 0 Å². The molecule has 1 aliphatic rings. The summed E-state index contributed by atoms with van der Waals surface area (Å²) in [5.41, 5.74) is 0.978. The van der Waals surface area contributed by atoms with Gasteiger partial charge in [0.1, 0.15) is 0 Å². The maximum atomic E-state index is 12.3. The number of thiazole rings is 1. The minimum absolute atomic E-state index is 0.0534. The molecule has 2 heterocycles. The molecule has 1 aromatic rings. The third-order valence-corrected chi connectivity index (χ3v) is 5.40. The molecular formula is C16H26N4O2S. The number of amides is 2. The van der Waals surface area contributed by atoms with Gasteiger partial charge in [-0.3, -0.25) is 14.5 Å². The van der Waals surface area contributed by atoms with E-state index in [9.17, 15) is 9.59 Å². The Bertz CT molecular complexity index is 570. The predicted octanol–water partition coefficient (Wildman–Crippen LogP) is 1.23. The van der Waals surface area contributed by atoms with Crippen LogP contribution >= 0.6 is 11.3 Å². The van der Waals surface area contributed by atoms with Crippen molar-refractivity contribution in [3.8, 4) is 0 Å². The normalized spacial score (nSPS) is 19.0. The van der Waals surface area contributed by atoms with E-state index in [4.69, 9.17) is 0 Å². The van der Waals surface area contributed by atoms with Crippen molar-refractivity contribution in [2.45, 2.75) is 59.2 Å². The summed E-state index contributed by atoms with van der Waals surface area (Å²) in [6, 6.07) is -0.132. The largest absolute Gasteiger partial charge is 0.353 e. The van der Waals surface area contributed by atoms with Crippen molar-refractivity contribution in [1.82, 2.24) is 20.5 Å². The van der Waals surface area contributed by atoms with Crippen LogP contribution in [0.1, 0.15) is 42.8 Å². The van der Waals surface area contributed by atoms with Crippen LogP contribution in [0.15, 0.2) is 0 Å². The van der Waals surface area contributed by atoms with Crippen molar-refractivity contribution in [3.63, 3.8) is 0 Å². The second-order valence-corrected chi connectivity index (χ2v) is 7.26. The Kier molecular flexibility index (Phi) is 6.12. The highest BCUT2D eigenvalue weighted by Crippen LogP contribution is 2.18. The SMILES string of the molecule is CCc1nc(C)c(CNC(=O)CC2C(=O)NCCN2C(C)C)s1. The van der Waals surface area contributed by atoms with Crippen molar-refractivity contribution < 1.29 is 9.59 Å². The zero-order valence-electron chi connectivity index (χ0n) is 14.3. The number of aryl methyl sites for hydroxylation is 2. The summed E-state index contributed by atoms with van der Waals surface area (Å²) >= 11 is 1.64. The zero-order valence-corrected chi connectivity index (χ0v) is 15.1. The number of aromatic nitrogens is 1. The van der Waals surface area contributed by atoms with E-state index in [2.05, 4.69) is 41.3 Å². The Hall–Kier alpha value is -1.47. The Morgan fingerprint density at radius 3 is 2.87 bits per heavy atom. The maximum Gasteiger partial charge on any atom is 0.237 e. The molecule has 0 radical (unpaired) electrons. The first-order valence-electron chi connectivity index (χ1n) is 8.17. The zero-order chi connectivity index (χ0) is 17.0. The topological polar surface area (TPSA) is 74.3 Å². The van der Waals surface area contributed by atoms with Gasteiger partial charge in [-0.2, -0.15) is 0 Å². The van der Waals surface area contributed by atoms with Crippen LogP contribution in [0.25, 0.3) is 0 Å². The molecule has 1 aromatic heterocycles. The summed E-state index contributed by atoms with van der Waals surface area (Å²) in [5.74, 6) is -0.147. The van der Waals surface area contributed by atoms with Crippen LogP contribution in [-0.2, 0) is 22.6 Å². The van der Waals surface area contributed by atoms with E-state index in [0.717, 1.165) is 28.5 Å². The minimum atomic E-state index is -0.377. The lowest BCUT2D eigenvalue weighted by atomic mass is 10.1. The van der Waals surface area contributed by atoms with Crippen molar-refractivity contribution in [2.75, 3.05) is 13.1 Å². The van der Waals surface area contributed by atoms with Crippen molar-refractivity contribution >= 4 is 23.2 Å². The van der Waals surface area contributed by atoms with E-state index < -0.39 is 0 Å². The first-order chi connectivity index (χ1) is 10.9. The predicted molar refractivity (Wildman–Crippen MR) is 91.3 cm³/mol. The van der Waals surface area contributed by atoms with Gasteiger partial charge < -0.3 is 10.6 Å². The molecule has 1 atom stereocenters. The number of carbonyl (C=O) groups is 2. The molecule has 2 amide bonds. The van der Waals surface area contributed by atoms with E-state index in [-0.39, 0.29) is 30.3 Å². The molecule has 6 nitrogen and oxygen atoms in total. The van der Waals surface area contributed by atoms with Gasteiger partial charge >= 0.3 is 0 Å².